The molecule has 0 radical (unpaired) electrons. The van der Waals surface area contributed by atoms with Crippen molar-refractivity contribution in [3.8, 4) is 35.1 Å². The molecule has 0 saturated heterocycles. The van der Waals surface area contributed by atoms with Crippen LogP contribution >= 0.6 is 0 Å². The van der Waals surface area contributed by atoms with Crippen LogP contribution in [0.3, 0.4) is 0 Å². The van der Waals surface area contributed by atoms with Crippen molar-refractivity contribution >= 4 is 5.91 Å². The Morgan fingerprint density at radius 2 is 2.08 bits per heavy atom. The number of rotatable bonds is 6. The zero-order valence-electron chi connectivity index (χ0n) is 14.6. The van der Waals surface area contributed by atoms with E-state index in [0.717, 1.165) is 0 Å². The number of amides is 1. The highest BCUT2D eigenvalue weighted by Crippen LogP contribution is 2.35. The molecule has 1 aromatic carbocycles. The molecule has 2 rings (SSSR count). The van der Waals surface area contributed by atoms with Crippen LogP contribution in [0.2, 0.25) is 0 Å². The van der Waals surface area contributed by atoms with Gasteiger partial charge in [0.05, 0.1) is 20.8 Å². The van der Waals surface area contributed by atoms with E-state index in [1.54, 1.807) is 25.2 Å². The van der Waals surface area contributed by atoms with Gasteiger partial charge in [0.1, 0.15) is 17.4 Å². The van der Waals surface area contributed by atoms with Crippen LogP contribution in [0.25, 0.3) is 11.3 Å². The second-order valence-corrected chi connectivity index (χ2v) is 5.38. The number of carbonyl (C=O) groups excluding carboxylic acids is 1. The van der Waals surface area contributed by atoms with Crippen LogP contribution in [0.4, 0.5) is 0 Å². The molecule has 1 amide bonds. The summed E-state index contributed by atoms with van der Waals surface area (Å²) < 4.78 is 15.7. The fraction of sp³-hybridized carbons (Fsp3) is 0.333. The molecular formula is C18H20N2O5. The molecule has 7 nitrogen and oxygen atoms in total. The topological polar surface area (TPSA) is 85.0 Å². The summed E-state index contributed by atoms with van der Waals surface area (Å²) in [6.07, 6.45) is 4.27. The number of aliphatic hydroxyl groups excluding tert-OH is 1. The van der Waals surface area contributed by atoms with Gasteiger partial charge in [0.2, 0.25) is 0 Å². The Hall–Kier alpha value is -2.98. The van der Waals surface area contributed by atoms with Crippen molar-refractivity contribution in [3.63, 3.8) is 0 Å². The highest BCUT2D eigenvalue weighted by atomic mass is 16.5. The van der Waals surface area contributed by atoms with Gasteiger partial charge >= 0.3 is 0 Å². The smallest absolute Gasteiger partial charge is 0.260 e. The van der Waals surface area contributed by atoms with Crippen molar-refractivity contribution in [1.82, 2.24) is 10.1 Å². The van der Waals surface area contributed by atoms with Crippen LogP contribution in [0.5, 0.6) is 11.5 Å². The number of ether oxygens (including phenoxy) is 2. The zero-order chi connectivity index (χ0) is 18.6. The number of carbonyl (C=O) groups is 1. The minimum Gasteiger partial charge on any atom is -0.493 e. The summed E-state index contributed by atoms with van der Waals surface area (Å²) >= 11 is 0. The lowest BCUT2D eigenvalue weighted by Gasteiger charge is -2.15. The van der Waals surface area contributed by atoms with E-state index in [4.69, 9.17) is 20.4 Å². The Bertz CT molecular complexity index is 804. The molecule has 0 fully saturated rings. The maximum atomic E-state index is 12.8. The molecule has 0 aliphatic heterocycles. The number of hydrogen-bond acceptors (Lipinski definition) is 6. The third-order valence-electron chi connectivity index (χ3n) is 3.64. The molecular weight excluding hydrogens is 324 g/mol. The van der Waals surface area contributed by atoms with Gasteiger partial charge in [0.15, 0.2) is 17.3 Å². The number of aromatic nitrogens is 1. The van der Waals surface area contributed by atoms with Crippen LogP contribution in [-0.2, 0) is 0 Å². The molecule has 1 aromatic heterocycles. The van der Waals surface area contributed by atoms with Gasteiger partial charge in [-0.2, -0.15) is 0 Å². The molecule has 2 aromatic rings. The molecule has 1 heterocycles. The number of hydrogen-bond donors (Lipinski definition) is 1. The van der Waals surface area contributed by atoms with Gasteiger partial charge in [-0.15, -0.1) is 6.42 Å². The van der Waals surface area contributed by atoms with Gasteiger partial charge in [-0.3, -0.25) is 4.79 Å². The molecule has 132 valence electrons. The molecule has 1 unspecified atom stereocenters. The van der Waals surface area contributed by atoms with Crippen molar-refractivity contribution in [1.29, 1.82) is 0 Å². The number of aliphatic hydroxyl groups is 1. The van der Waals surface area contributed by atoms with Crippen molar-refractivity contribution in [2.45, 2.75) is 13.0 Å². The summed E-state index contributed by atoms with van der Waals surface area (Å²) in [6.45, 7) is 1.62. The number of nitrogens with zero attached hydrogens (tertiary/aromatic N) is 2. The van der Waals surface area contributed by atoms with Crippen molar-refractivity contribution in [3.05, 3.63) is 29.5 Å². The highest BCUT2D eigenvalue weighted by molar-refractivity contribution is 6.01. The zero-order valence-corrected chi connectivity index (χ0v) is 14.6. The predicted molar refractivity (Wildman–Crippen MR) is 91.5 cm³/mol. The first-order valence-electron chi connectivity index (χ1n) is 7.53. The van der Waals surface area contributed by atoms with Crippen LogP contribution in [0.1, 0.15) is 29.1 Å². The second kappa shape index (κ2) is 7.73. The fourth-order valence-corrected chi connectivity index (χ4v) is 2.37. The first-order chi connectivity index (χ1) is 11.9. The molecule has 25 heavy (non-hydrogen) atoms. The minimum atomic E-state index is -1.00. The Balaban J connectivity index is 2.59. The van der Waals surface area contributed by atoms with Crippen molar-refractivity contribution in [2.75, 3.05) is 27.8 Å². The summed E-state index contributed by atoms with van der Waals surface area (Å²) in [6, 6.07) is 5.10. The predicted octanol–water partition coefficient (Wildman–Crippen LogP) is 2.12. The average molecular weight is 344 g/mol. The van der Waals surface area contributed by atoms with Crippen molar-refractivity contribution in [2.24, 2.45) is 0 Å². The van der Waals surface area contributed by atoms with E-state index < -0.39 is 6.10 Å². The van der Waals surface area contributed by atoms with Crippen LogP contribution < -0.4 is 9.47 Å². The second-order valence-electron chi connectivity index (χ2n) is 5.38. The molecule has 1 atom stereocenters. The summed E-state index contributed by atoms with van der Waals surface area (Å²) in [4.78, 5) is 14.1. The Morgan fingerprint density at radius 1 is 1.40 bits per heavy atom. The number of methoxy groups -OCH3 is 2. The summed E-state index contributed by atoms with van der Waals surface area (Å²) in [5, 5.41) is 13.9. The van der Waals surface area contributed by atoms with E-state index in [1.807, 2.05) is 0 Å². The Labute approximate surface area is 146 Å². The number of benzene rings is 1. The van der Waals surface area contributed by atoms with Crippen LogP contribution in [-0.4, -0.2) is 48.9 Å². The lowest BCUT2D eigenvalue weighted by atomic mass is 10.0. The fourth-order valence-electron chi connectivity index (χ4n) is 2.37. The monoisotopic (exact) mass is 344 g/mol. The standard InChI is InChI=1S/C18H20N2O5/c1-6-9-20(3)18(22)15-16(19-25-17(15)11(2)21)12-7-8-13(23-4)14(10-12)24-5/h1,7-8,10-11,21H,9H2,2-5H3. The summed E-state index contributed by atoms with van der Waals surface area (Å²) in [7, 11) is 4.61. The van der Waals surface area contributed by atoms with Gasteiger partial charge in [0, 0.05) is 12.6 Å². The Kier molecular flexibility index (Phi) is 5.67. The van der Waals surface area contributed by atoms with Gasteiger partial charge in [-0.1, -0.05) is 11.1 Å². The normalized spacial score (nSPS) is 11.5. The maximum absolute atomic E-state index is 12.8. The third kappa shape index (κ3) is 3.59. The molecule has 0 bridgehead atoms. The molecule has 0 saturated carbocycles. The number of terminal acetylenes is 1. The molecule has 1 N–H and O–H groups in total. The van der Waals surface area contributed by atoms with Crippen LogP contribution in [0.15, 0.2) is 22.7 Å². The lowest BCUT2D eigenvalue weighted by Crippen LogP contribution is -2.28. The van der Waals surface area contributed by atoms with Crippen LogP contribution in [0, 0.1) is 12.3 Å². The van der Waals surface area contributed by atoms with Crippen molar-refractivity contribution < 1.29 is 23.9 Å². The largest absolute Gasteiger partial charge is 0.493 e. The highest BCUT2D eigenvalue weighted by Gasteiger charge is 2.29. The first-order valence-corrected chi connectivity index (χ1v) is 7.53. The van der Waals surface area contributed by atoms with Gasteiger partial charge in [0.25, 0.3) is 5.91 Å². The molecule has 0 spiro atoms. The maximum Gasteiger partial charge on any atom is 0.260 e. The minimum absolute atomic E-state index is 0.0821. The molecule has 0 aliphatic carbocycles. The van der Waals surface area contributed by atoms with E-state index in [-0.39, 0.29) is 23.8 Å². The SMILES string of the molecule is C#CCN(C)C(=O)c1c(-c2ccc(OC)c(OC)c2)noc1C(C)O. The molecule has 7 heteroatoms. The van der Waals surface area contributed by atoms with E-state index in [2.05, 4.69) is 11.1 Å². The van der Waals surface area contributed by atoms with Gasteiger partial charge in [-0.05, 0) is 25.1 Å². The summed E-state index contributed by atoms with van der Waals surface area (Å²) in [5.41, 5.74) is 1.05. The van der Waals surface area contributed by atoms with E-state index in [9.17, 15) is 9.90 Å². The average Bonchev–Trinajstić information content (AvgIpc) is 3.05. The Morgan fingerprint density at radius 3 is 2.64 bits per heavy atom. The summed E-state index contributed by atoms with van der Waals surface area (Å²) in [5.74, 6) is 3.13. The van der Waals surface area contributed by atoms with Gasteiger partial charge in [-0.25, -0.2) is 0 Å². The first kappa shape index (κ1) is 18.4. The molecule has 0 aliphatic rings. The lowest BCUT2D eigenvalue weighted by molar-refractivity contribution is 0.0800. The van der Waals surface area contributed by atoms with E-state index in [0.29, 0.717) is 22.8 Å². The third-order valence-corrected chi connectivity index (χ3v) is 3.64. The van der Waals surface area contributed by atoms with Gasteiger partial charge < -0.3 is 24.0 Å². The van der Waals surface area contributed by atoms with E-state index in [1.165, 1.54) is 26.0 Å². The quantitative estimate of drug-likeness (QED) is 0.808. The van der Waals surface area contributed by atoms with E-state index >= 15 is 0 Å².